The van der Waals surface area contributed by atoms with Crippen LogP contribution in [-0.4, -0.2) is 35.7 Å². The molecule has 2 aromatic rings. The van der Waals surface area contributed by atoms with Crippen molar-refractivity contribution in [3.8, 4) is 5.75 Å². The van der Waals surface area contributed by atoms with Gasteiger partial charge in [-0.1, -0.05) is 42.5 Å². The molecule has 0 heterocycles. The van der Waals surface area contributed by atoms with E-state index in [9.17, 15) is 9.90 Å². The number of aliphatic hydroxyl groups is 1. The Hall–Kier alpha value is -2.17. The Balaban J connectivity index is 2.03. The van der Waals surface area contributed by atoms with E-state index in [0.717, 1.165) is 0 Å². The summed E-state index contributed by atoms with van der Waals surface area (Å²) < 4.78 is 5.70. The van der Waals surface area contributed by atoms with Gasteiger partial charge in [-0.15, -0.1) is 0 Å². The predicted molar refractivity (Wildman–Crippen MR) is 95.6 cm³/mol. The van der Waals surface area contributed by atoms with Gasteiger partial charge in [-0.25, -0.2) is 0 Å². The van der Waals surface area contributed by atoms with Gasteiger partial charge in [-0.2, -0.15) is 0 Å². The molecule has 24 heavy (non-hydrogen) atoms. The summed E-state index contributed by atoms with van der Waals surface area (Å²) in [5.74, 6) is 0.398. The van der Waals surface area contributed by atoms with Crippen molar-refractivity contribution in [3.63, 3.8) is 0 Å². The molecule has 0 bridgehead atoms. The zero-order valence-electron chi connectivity index (χ0n) is 14.5. The first-order chi connectivity index (χ1) is 11.4. The number of aliphatic hydroxyl groups excluding tert-OH is 1. The molecule has 0 aliphatic carbocycles. The minimum absolute atomic E-state index is 0.0673. The van der Waals surface area contributed by atoms with Crippen molar-refractivity contribution in [2.45, 2.75) is 32.4 Å². The summed E-state index contributed by atoms with van der Waals surface area (Å²) in [5, 5.41) is 13.3. The maximum atomic E-state index is 12.6. The molecule has 0 radical (unpaired) electrons. The third-order valence-electron chi connectivity index (χ3n) is 3.47. The molecule has 2 aromatic carbocycles. The van der Waals surface area contributed by atoms with Crippen LogP contribution in [0.15, 0.2) is 54.6 Å². The maximum absolute atomic E-state index is 12.6. The number of rotatable bonds is 7. The summed E-state index contributed by atoms with van der Waals surface area (Å²) >= 11 is 0. The molecule has 4 nitrogen and oxygen atoms in total. The molecule has 1 atom stereocenters. The van der Waals surface area contributed by atoms with Gasteiger partial charge in [0.2, 0.25) is 0 Å². The molecule has 0 saturated heterocycles. The molecule has 2 rings (SSSR count). The van der Waals surface area contributed by atoms with Crippen LogP contribution in [0, 0.1) is 0 Å². The highest BCUT2D eigenvalue weighted by Gasteiger charge is 2.16. The van der Waals surface area contributed by atoms with Gasteiger partial charge in [0.25, 0.3) is 0 Å². The number of carbonyl (C=O) groups excluding carboxylic acids is 1. The van der Waals surface area contributed by atoms with E-state index < -0.39 is 6.10 Å². The second-order valence-corrected chi connectivity index (χ2v) is 6.79. The Bertz CT molecular complexity index is 662. The Kier molecular flexibility index (Phi) is 6.12. The molecule has 0 aliphatic rings. The Morgan fingerprint density at radius 1 is 1.08 bits per heavy atom. The highest BCUT2D eigenvalue weighted by molar-refractivity contribution is 6.10. The average molecular weight is 327 g/mol. The van der Waals surface area contributed by atoms with Crippen LogP contribution < -0.4 is 10.1 Å². The van der Waals surface area contributed by atoms with Crippen LogP contribution in [0.1, 0.15) is 36.7 Å². The molecular weight excluding hydrogens is 302 g/mol. The van der Waals surface area contributed by atoms with E-state index in [1.165, 1.54) is 0 Å². The van der Waals surface area contributed by atoms with E-state index in [1.54, 1.807) is 30.3 Å². The highest BCUT2D eigenvalue weighted by Crippen LogP contribution is 2.21. The topological polar surface area (TPSA) is 58.6 Å². The molecule has 128 valence electrons. The molecule has 0 fully saturated rings. The first-order valence-electron chi connectivity index (χ1n) is 8.11. The van der Waals surface area contributed by atoms with Gasteiger partial charge in [0.1, 0.15) is 18.5 Å². The van der Waals surface area contributed by atoms with Gasteiger partial charge >= 0.3 is 0 Å². The van der Waals surface area contributed by atoms with Crippen LogP contribution in [0.2, 0.25) is 0 Å². The number of para-hydroxylation sites is 1. The van der Waals surface area contributed by atoms with Crippen molar-refractivity contribution in [3.05, 3.63) is 65.7 Å². The second-order valence-electron chi connectivity index (χ2n) is 6.79. The number of nitrogens with one attached hydrogen (secondary N) is 1. The van der Waals surface area contributed by atoms with Gasteiger partial charge in [-0.05, 0) is 32.9 Å². The minimum atomic E-state index is -0.649. The fourth-order valence-electron chi connectivity index (χ4n) is 2.19. The summed E-state index contributed by atoms with van der Waals surface area (Å²) in [6.45, 7) is 6.66. The normalized spacial score (nSPS) is 12.7. The molecule has 0 aliphatic heterocycles. The number of hydrogen-bond donors (Lipinski definition) is 2. The smallest absolute Gasteiger partial charge is 0.196 e. The lowest BCUT2D eigenvalue weighted by Gasteiger charge is -2.23. The summed E-state index contributed by atoms with van der Waals surface area (Å²) in [6.07, 6.45) is -0.649. The lowest BCUT2D eigenvalue weighted by atomic mass is 10.0. The summed E-state index contributed by atoms with van der Waals surface area (Å²) in [4.78, 5) is 12.6. The van der Waals surface area contributed by atoms with Crippen LogP contribution in [0.4, 0.5) is 0 Å². The van der Waals surface area contributed by atoms with Gasteiger partial charge < -0.3 is 15.2 Å². The standard InChI is InChI=1S/C20H25NO3/c1-20(2,3)21-13-16(22)14-24-18-12-8-7-11-17(18)19(23)15-9-5-4-6-10-15/h4-12,16,21-22H,13-14H2,1-3H3/t16-/m1/s1. The molecule has 2 N–H and O–H groups in total. The van der Waals surface area contributed by atoms with Gasteiger partial charge in [-0.3, -0.25) is 4.79 Å². The number of benzene rings is 2. The third kappa shape index (κ3) is 5.48. The summed E-state index contributed by atoms with van der Waals surface area (Å²) in [7, 11) is 0. The van der Waals surface area contributed by atoms with Crippen LogP contribution in [0.5, 0.6) is 5.75 Å². The second kappa shape index (κ2) is 8.08. The first-order valence-corrected chi connectivity index (χ1v) is 8.11. The van der Waals surface area contributed by atoms with Crippen molar-refractivity contribution in [1.82, 2.24) is 5.32 Å². The van der Waals surface area contributed by atoms with E-state index in [0.29, 0.717) is 23.4 Å². The fourth-order valence-corrected chi connectivity index (χ4v) is 2.19. The number of ether oxygens (including phenoxy) is 1. The number of ketones is 1. The minimum Gasteiger partial charge on any atom is -0.490 e. The van der Waals surface area contributed by atoms with Crippen molar-refractivity contribution in [1.29, 1.82) is 0 Å². The third-order valence-corrected chi connectivity index (χ3v) is 3.47. The maximum Gasteiger partial charge on any atom is 0.196 e. The van der Waals surface area contributed by atoms with E-state index in [-0.39, 0.29) is 17.9 Å². The van der Waals surface area contributed by atoms with Gasteiger partial charge in [0.05, 0.1) is 5.56 Å². The van der Waals surface area contributed by atoms with Crippen molar-refractivity contribution >= 4 is 5.78 Å². The fraction of sp³-hybridized carbons (Fsp3) is 0.350. The predicted octanol–water partition coefficient (Wildman–Crippen LogP) is 3.05. The lowest BCUT2D eigenvalue weighted by Crippen LogP contribution is -2.42. The van der Waals surface area contributed by atoms with Crippen molar-refractivity contribution < 1.29 is 14.6 Å². The van der Waals surface area contributed by atoms with Gasteiger partial charge in [0.15, 0.2) is 5.78 Å². The molecular formula is C20H25NO3. The van der Waals surface area contributed by atoms with Crippen LogP contribution in [0.3, 0.4) is 0 Å². The molecule has 0 aromatic heterocycles. The molecule has 0 spiro atoms. The number of hydrogen-bond acceptors (Lipinski definition) is 4. The van der Waals surface area contributed by atoms with E-state index >= 15 is 0 Å². The molecule has 0 saturated carbocycles. The summed E-state index contributed by atoms with van der Waals surface area (Å²) in [5.41, 5.74) is 1.05. The average Bonchev–Trinajstić information content (AvgIpc) is 2.58. The quantitative estimate of drug-likeness (QED) is 0.768. The van der Waals surface area contributed by atoms with Crippen LogP contribution >= 0.6 is 0 Å². The van der Waals surface area contributed by atoms with Crippen molar-refractivity contribution in [2.24, 2.45) is 0 Å². The van der Waals surface area contributed by atoms with Crippen LogP contribution in [-0.2, 0) is 0 Å². The van der Waals surface area contributed by atoms with Crippen LogP contribution in [0.25, 0.3) is 0 Å². The number of β-amino-alcohol motifs (C(OH)–C–C–N with tert-alkyl or cyclic N) is 1. The Labute approximate surface area is 143 Å². The van der Waals surface area contributed by atoms with E-state index in [2.05, 4.69) is 5.32 Å². The highest BCUT2D eigenvalue weighted by atomic mass is 16.5. The summed E-state index contributed by atoms with van der Waals surface area (Å²) in [6, 6.07) is 16.2. The first kappa shape index (κ1) is 18.2. The Morgan fingerprint density at radius 3 is 2.38 bits per heavy atom. The molecule has 4 heteroatoms. The van der Waals surface area contributed by atoms with Crippen molar-refractivity contribution in [2.75, 3.05) is 13.2 Å². The zero-order valence-corrected chi connectivity index (χ0v) is 14.5. The zero-order chi connectivity index (χ0) is 17.6. The Morgan fingerprint density at radius 2 is 1.71 bits per heavy atom. The van der Waals surface area contributed by atoms with Gasteiger partial charge in [0, 0.05) is 17.6 Å². The SMILES string of the molecule is CC(C)(C)NC[C@@H](O)COc1ccccc1C(=O)c1ccccc1. The number of carbonyl (C=O) groups is 1. The molecule has 0 unspecified atom stereocenters. The van der Waals surface area contributed by atoms with E-state index in [4.69, 9.17) is 4.74 Å². The monoisotopic (exact) mass is 327 g/mol. The molecule has 0 amide bonds. The van der Waals surface area contributed by atoms with E-state index in [1.807, 2.05) is 45.0 Å². The lowest BCUT2D eigenvalue weighted by molar-refractivity contribution is 0.0959. The largest absolute Gasteiger partial charge is 0.490 e.